The number of carbonyl (C=O) groups is 1. The summed E-state index contributed by atoms with van der Waals surface area (Å²) >= 11 is 0. The number of benzene rings is 3. The van der Waals surface area contributed by atoms with Crippen molar-refractivity contribution >= 4 is 27.8 Å². The molecule has 0 aliphatic heterocycles. The van der Waals surface area contributed by atoms with Gasteiger partial charge in [0.1, 0.15) is 11.4 Å². The maximum atomic E-state index is 13.5. The van der Waals surface area contributed by atoms with E-state index in [2.05, 4.69) is 78.3 Å². The molecule has 1 saturated carbocycles. The van der Waals surface area contributed by atoms with E-state index < -0.39 is 0 Å². The zero-order chi connectivity index (χ0) is 27.6. The SMILES string of the molecule is Cc1cc(C)c2c3ccccc3n(Cc3ccc(C(C(=O)NCCc4ccccc4O)C4CCCC4)cc3)c2n1. The number of amides is 1. The lowest BCUT2D eigenvalue weighted by atomic mass is 9.83. The van der Waals surface area contributed by atoms with Crippen LogP contribution >= 0.6 is 0 Å². The van der Waals surface area contributed by atoms with Crippen molar-refractivity contribution in [2.45, 2.75) is 58.4 Å². The van der Waals surface area contributed by atoms with Crippen LogP contribution in [0.25, 0.3) is 21.9 Å². The molecule has 1 aliphatic rings. The zero-order valence-corrected chi connectivity index (χ0v) is 23.4. The number of pyridine rings is 1. The minimum atomic E-state index is -0.152. The molecule has 1 amide bonds. The van der Waals surface area contributed by atoms with Crippen LogP contribution in [0.4, 0.5) is 0 Å². The highest BCUT2D eigenvalue weighted by atomic mass is 16.3. The molecule has 5 aromatic rings. The van der Waals surface area contributed by atoms with E-state index in [0.29, 0.717) is 18.9 Å². The molecular weight excluding hydrogens is 494 g/mol. The van der Waals surface area contributed by atoms with Crippen LogP contribution < -0.4 is 5.32 Å². The normalized spacial score (nSPS) is 14.7. The molecule has 40 heavy (non-hydrogen) atoms. The van der Waals surface area contributed by atoms with Crippen molar-refractivity contribution in [1.82, 2.24) is 14.9 Å². The van der Waals surface area contributed by atoms with Gasteiger partial charge in [0.15, 0.2) is 0 Å². The van der Waals surface area contributed by atoms with E-state index in [1.54, 1.807) is 6.07 Å². The number of hydrogen-bond donors (Lipinski definition) is 2. The number of hydrogen-bond acceptors (Lipinski definition) is 3. The Morgan fingerprint density at radius 3 is 2.50 bits per heavy atom. The first-order chi connectivity index (χ1) is 19.5. The Morgan fingerprint density at radius 2 is 1.73 bits per heavy atom. The van der Waals surface area contributed by atoms with Crippen LogP contribution in [0.5, 0.6) is 5.75 Å². The van der Waals surface area contributed by atoms with Gasteiger partial charge in [-0.25, -0.2) is 4.98 Å². The standard InChI is InChI=1S/C35H37N3O2/c1-23-21-24(2)37-34-32(23)29-12-6-7-13-30(29)38(34)22-25-15-17-28(18-16-25)33(27-10-3-4-11-27)35(40)36-20-19-26-9-5-8-14-31(26)39/h5-9,12-18,21,27,33,39H,3-4,10-11,19-20,22H2,1-2H3,(H,36,40). The lowest BCUT2D eigenvalue weighted by Crippen LogP contribution is -2.34. The number of aromatic nitrogens is 2. The molecule has 2 aromatic heterocycles. The van der Waals surface area contributed by atoms with Crippen LogP contribution in [0.15, 0.2) is 78.9 Å². The molecule has 6 rings (SSSR count). The van der Waals surface area contributed by atoms with Crippen molar-refractivity contribution in [3.8, 4) is 5.75 Å². The van der Waals surface area contributed by atoms with E-state index in [1.165, 1.54) is 40.3 Å². The average Bonchev–Trinajstić information content (AvgIpc) is 3.58. The monoisotopic (exact) mass is 531 g/mol. The number of nitrogens with one attached hydrogen (secondary N) is 1. The second-order valence-electron chi connectivity index (χ2n) is 11.3. The number of carbonyl (C=O) groups excluding carboxylic acids is 1. The van der Waals surface area contributed by atoms with E-state index in [1.807, 2.05) is 18.2 Å². The van der Waals surface area contributed by atoms with Gasteiger partial charge in [-0.05, 0) is 79.5 Å². The van der Waals surface area contributed by atoms with Gasteiger partial charge < -0.3 is 15.0 Å². The van der Waals surface area contributed by atoms with E-state index in [4.69, 9.17) is 4.98 Å². The maximum Gasteiger partial charge on any atom is 0.227 e. The smallest absolute Gasteiger partial charge is 0.227 e. The van der Waals surface area contributed by atoms with E-state index in [0.717, 1.165) is 41.9 Å². The summed E-state index contributed by atoms with van der Waals surface area (Å²) in [6.07, 6.45) is 5.16. The molecule has 0 saturated heterocycles. The molecule has 1 unspecified atom stereocenters. The predicted molar refractivity (Wildman–Crippen MR) is 162 cm³/mol. The minimum absolute atomic E-state index is 0.0904. The van der Waals surface area contributed by atoms with Crippen LogP contribution in [-0.4, -0.2) is 27.1 Å². The molecule has 5 heteroatoms. The molecule has 5 nitrogen and oxygen atoms in total. The van der Waals surface area contributed by atoms with Gasteiger partial charge in [0.25, 0.3) is 0 Å². The Morgan fingerprint density at radius 1 is 1.00 bits per heavy atom. The second kappa shape index (κ2) is 11.2. The highest BCUT2D eigenvalue weighted by Crippen LogP contribution is 2.38. The molecule has 204 valence electrons. The summed E-state index contributed by atoms with van der Waals surface area (Å²) in [6, 6.07) is 26.7. The maximum absolute atomic E-state index is 13.5. The van der Waals surface area contributed by atoms with Gasteiger partial charge in [0, 0.05) is 29.6 Å². The van der Waals surface area contributed by atoms with Gasteiger partial charge in [-0.1, -0.05) is 73.5 Å². The van der Waals surface area contributed by atoms with Crippen molar-refractivity contribution in [3.63, 3.8) is 0 Å². The Bertz CT molecular complexity index is 1660. The van der Waals surface area contributed by atoms with E-state index >= 15 is 0 Å². The molecule has 2 N–H and O–H groups in total. The third-order valence-electron chi connectivity index (χ3n) is 8.56. The van der Waals surface area contributed by atoms with Gasteiger partial charge in [-0.15, -0.1) is 0 Å². The Hall–Kier alpha value is -4.12. The Kier molecular flexibility index (Phi) is 7.29. The topological polar surface area (TPSA) is 67.2 Å². The summed E-state index contributed by atoms with van der Waals surface area (Å²) < 4.78 is 2.32. The van der Waals surface area contributed by atoms with Gasteiger partial charge >= 0.3 is 0 Å². The zero-order valence-electron chi connectivity index (χ0n) is 23.4. The minimum Gasteiger partial charge on any atom is -0.508 e. The number of aromatic hydroxyl groups is 1. The third-order valence-corrected chi connectivity index (χ3v) is 8.56. The summed E-state index contributed by atoms with van der Waals surface area (Å²) in [5.41, 5.74) is 7.62. The van der Waals surface area contributed by atoms with Crippen molar-refractivity contribution in [3.05, 3.63) is 107 Å². The highest BCUT2D eigenvalue weighted by molar-refractivity contribution is 6.08. The predicted octanol–water partition coefficient (Wildman–Crippen LogP) is 7.19. The molecule has 0 radical (unpaired) electrons. The summed E-state index contributed by atoms with van der Waals surface area (Å²) in [5, 5.41) is 15.7. The van der Waals surface area contributed by atoms with E-state index in [9.17, 15) is 9.90 Å². The third kappa shape index (κ3) is 5.08. The van der Waals surface area contributed by atoms with Gasteiger partial charge in [0.05, 0.1) is 11.4 Å². The van der Waals surface area contributed by atoms with Gasteiger partial charge in [-0.3, -0.25) is 4.79 Å². The van der Waals surface area contributed by atoms with Crippen LogP contribution in [0.1, 0.15) is 59.5 Å². The first-order valence-corrected chi connectivity index (χ1v) is 14.5. The fourth-order valence-corrected chi connectivity index (χ4v) is 6.63. The number of fused-ring (bicyclic) bond motifs is 3. The van der Waals surface area contributed by atoms with Crippen molar-refractivity contribution < 1.29 is 9.90 Å². The lowest BCUT2D eigenvalue weighted by Gasteiger charge is -2.23. The number of rotatable bonds is 8. The van der Waals surface area contributed by atoms with Gasteiger partial charge in [0.2, 0.25) is 5.91 Å². The summed E-state index contributed by atoms with van der Waals surface area (Å²) in [4.78, 5) is 18.5. The number of para-hydroxylation sites is 2. The average molecular weight is 532 g/mol. The fraction of sp³-hybridized carbons (Fsp3) is 0.314. The van der Waals surface area contributed by atoms with Crippen molar-refractivity contribution in [1.29, 1.82) is 0 Å². The Labute approximate surface area is 235 Å². The summed E-state index contributed by atoms with van der Waals surface area (Å²) in [6.45, 7) is 5.46. The molecular formula is C35H37N3O2. The molecule has 3 aromatic carbocycles. The van der Waals surface area contributed by atoms with Crippen LogP contribution in [-0.2, 0) is 17.8 Å². The fourth-order valence-electron chi connectivity index (χ4n) is 6.63. The van der Waals surface area contributed by atoms with Crippen LogP contribution in [0.3, 0.4) is 0 Å². The molecule has 1 aliphatic carbocycles. The summed E-state index contributed by atoms with van der Waals surface area (Å²) in [5.74, 6) is 0.584. The number of aryl methyl sites for hydroxylation is 2. The summed E-state index contributed by atoms with van der Waals surface area (Å²) in [7, 11) is 0. The number of nitrogens with zero attached hydrogens (tertiary/aromatic N) is 2. The number of phenolic OH excluding ortho intramolecular Hbond substituents is 1. The quantitative estimate of drug-likeness (QED) is 0.223. The first kappa shape index (κ1) is 26.1. The molecule has 1 atom stereocenters. The largest absolute Gasteiger partial charge is 0.508 e. The Balaban J connectivity index is 1.24. The van der Waals surface area contributed by atoms with Crippen LogP contribution in [0, 0.1) is 19.8 Å². The van der Waals surface area contributed by atoms with E-state index in [-0.39, 0.29) is 17.6 Å². The molecule has 1 fully saturated rings. The van der Waals surface area contributed by atoms with Crippen LogP contribution in [0.2, 0.25) is 0 Å². The first-order valence-electron chi connectivity index (χ1n) is 14.5. The second-order valence-corrected chi connectivity index (χ2v) is 11.3. The van der Waals surface area contributed by atoms with Crippen molar-refractivity contribution in [2.24, 2.45) is 5.92 Å². The highest BCUT2D eigenvalue weighted by Gasteiger charge is 2.32. The molecule has 2 heterocycles. The molecule has 0 spiro atoms. The van der Waals surface area contributed by atoms with Crippen molar-refractivity contribution in [2.75, 3.05) is 6.54 Å². The lowest BCUT2D eigenvalue weighted by molar-refractivity contribution is -0.123. The number of phenols is 1. The van der Waals surface area contributed by atoms with Gasteiger partial charge in [-0.2, -0.15) is 0 Å². The molecule has 0 bridgehead atoms.